The molecule has 1 saturated heterocycles. The number of methoxy groups -OCH3 is 1. The normalized spacial score (nSPS) is 17.7. The van der Waals surface area contributed by atoms with Crippen molar-refractivity contribution in [2.75, 3.05) is 33.7 Å². The Morgan fingerprint density at radius 2 is 2.20 bits per heavy atom. The molecule has 0 amide bonds. The van der Waals surface area contributed by atoms with E-state index in [0.717, 1.165) is 13.2 Å². The summed E-state index contributed by atoms with van der Waals surface area (Å²) in [7, 11) is 1.61. The first-order valence-electron chi connectivity index (χ1n) is 2.91. The molecule has 0 aromatic carbocycles. The molecule has 1 aliphatic rings. The van der Waals surface area contributed by atoms with E-state index in [1.807, 2.05) is 0 Å². The van der Waals surface area contributed by atoms with Crippen LogP contribution in [0.1, 0.15) is 0 Å². The SMILES string of the molecule is COCOC[C-]1COC1.[W]. The van der Waals surface area contributed by atoms with Gasteiger partial charge in [0.1, 0.15) is 6.79 Å². The van der Waals surface area contributed by atoms with Gasteiger partial charge in [0.15, 0.2) is 0 Å². The van der Waals surface area contributed by atoms with Gasteiger partial charge in [0.05, 0.1) is 0 Å². The molecular formula is C6H11O3W-. The minimum Gasteiger partial charge on any atom is -0.444 e. The van der Waals surface area contributed by atoms with Crippen LogP contribution in [-0.2, 0) is 35.3 Å². The first kappa shape index (κ1) is 10.6. The summed E-state index contributed by atoms with van der Waals surface area (Å²) in [6.45, 7) is 2.60. The van der Waals surface area contributed by atoms with E-state index in [1.165, 1.54) is 5.92 Å². The molecule has 0 bridgehead atoms. The Morgan fingerprint density at radius 3 is 2.60 bits per heavy atom. The van der Waals surface area contributed by atoms with Gasteiger partial charge in [-0.1, -0.05) is 19.8 Å². The Hall–Kier alpha value is 0.568. The summed E-state index contributed by atoms with van der Waals surface area (Å²) >= 11 is 0. The molecule has 0 spiro atoms. The summed E-state index contributed by atoms with van der Waals surface area (Å²) in [6, 6.07) is 0. The fourth-order valence-corrected chi connectivity index (χ4v) is 0.599. The van der Waals surface area contributed by atoms with Crippen LogP contribution >= 0.6 is 0 Å². The second kappa shape index (κ2) is 6.29. The van der Waals surface area contributed by atoms with Crippen LogP contribution in [-0.4, -0.2) is 33.7 Å². The Bertz CT molecular complexity index is 75.4. The quantitative estimate of drug-likeness (QED) is 0.422. The second-order valence-electron chi connectivity index (χ2n) is 2.00. The Kier molecular flexibility index (Phi) is 6.65. The van der Waals surface area contributed by atoms with Gasteiger partial charge in [-0.15, -0.1) is 0 Å². The fourth-order valence-electron chi connectivity index (χ4n) is 0.599. The molecule has 0 aliphatic carbocycles. The zero-order valence-electron chi connectivity index (χ0n) is 5.96. The first-order valence-corrected chi connectivity index (χ1v) is 2.91. The van der Waals surface area contributed by atoms with Crippen molar-refractivity contribution in [2.45, 2.75) is 0 Å². The largest absolute Gasteiger partial charge is 0.444 e. The molecule has 4 heteroatoms. The molecule has 0 N–H and O–H groups in total. The maximum absolute atomic E-state index is 5.05. The molecule has 10 heavy (non-hydrogen) atoms. The standard InChI is InChI=1S/C6H11O3.W/c1-7-5-9-4-6-2-8-3-6;/h2-5H2,1H3;/q-1;. The summed E-state index contributed by atoms with van der Waals surface area (Å²) in [6.07, 6.45) is 0. The van der Waals surface area contributed by atoms with Crippen LogP contribution in [0.15, 0.2) is 0 Å². The molecule has 1 heterocycles. The van der Waals surface area contributed by atoms with Crippen LogP contribution in [0.3, 0.4) is 0 Å². The van der Waals surface area contributed by atoms with E-state index in [1.54, 1.807) is 7.11 Å². The minimum atomic E-state index is 0. The topological polar surface area (TPSA) is 27.7 Å². The first-order chi connectivity index (χ1) is 4.43. The van der Waals surface area contributed by atoms with Gasteiger partial charge >= 0.3 is 0 Å². The van der Waals surface area contributed by atoms with E-state index >= 15 is 0 Å². The van der Waals surface area contributed by atoms with Crippen molar-refractivity contribution >= 4 is 0 Å². The predicted molar refractivity (Wildman–Crippen MR) is 31.9 cm³/mol. The summed E-state index contributed by atoms with van der Waals surface area (Å²) in [5.41, 5.74) is 0. The van der Waals surface area contributed by atoms with Crippen molar-refractivity contribution in [2.24, 2.45) is 0 Å². The predicted octanol–water partition coefficient (Wildman–Crippen LogP) is 0.209. The van der Waals surface area contributed by atoms with Crippen LogP contribution in [0.4, 0.5) is 0 Å². The minimum absolute atomic E-state index is 0. The van der Waals surface area contributed by atoms with Crippen LogP contribution in [0.25, 0.3) is 0 Å². The Labute approximate surface area is 75.3 Å². The van der Waals surface area contributed by atoms with Gasteiger partial charge in [-0.3, -0.25) is 0 Å². The van der Waals surface area contributed by atoms with Gasteiger partial charge in [0.2, 0.25) is 0 Å². The van der Waals surface area contributed by atoms with Gasteiger partial charge in [-0.05, 0) is 0 Å². The van der Waals surface area contributed by atoms with Gasteiger partial charge in [0, 0.05) is 28.2 Å². The van der Waals surface area contributed by atoms with Crippen molar-refractivity contribution in [3.8, 4) is 0 Å². The second-order valence-corrected chi connectivity index (χ2v) is 2.00. The zero-order chi connectivity index (χ0) is 6.53. The smallest absolute Gasteiger partial charge is 0.142 e. The molecule has 0 radical (unpaired) electrons. The van der Waals surface area contributed by atoms with Gasteiger partial charge in [0.25, 0.3) is 0 Å². The van der Waals surface area contributed by atoms with E-state index in [9.17, 15) is 0 Å². The average molecular weight is 315 g/mol. The Balaban J connectivity index is 0.000000810. The van der Waals surface area contributed by atoms with Crippen LogP contribution in [0.2, 0.25) is 0 Å². The van der Waals surface area contributed by atoms with Crippen molar-refractivity contribution in [1.29, 1.82) is 0 Å². The van der Waals surface area contributed by atoms with Crippen molar-refractivity contribution < 1.29 is 35.3 Å². The zero-order valence-corrected chi connectivity index (χ0v) is 8.89. The van der Waals surface area contributed by atoms with Crippen molar-refractivity contribution in [3.05, 3.63) is 5.92 Å². The number of hydrogen-bond acceptors (Lipinski definition) is 3. The third-order valence-corrected chi connectivity index (χ3v) is 1.12. The van der Waals surface area contributed by atoms with E-state index in [0.29, 0.717) is 13.4 Å². The molecule has 0 atom stereocenters. The molecule has 3 nitrogen and oxygen atoms in total. The van der Waals surface area contributed by atoms with E-state index in [-0.39, 0.29) is 21.1 Å². The number of rotatable bonds is 4. The third-order valence-electron chi connectivity index (χ3n) is 1.12. The molecule has 1 aliphatic heterocycles. The maximum atomic E-state index is 5.05. The van der Waals surface area contributed by atoms with Crippen LogP contribution in [0, 0.1) is 5.92 Å². The molecular weight excluding hydrogens is 304 g/mol. The third kappa shape index (κ3) is 3.67. The van der Waals surface area contributed by atoms with E-state index in [4.69, 9.17) is 9.47 Å². The molecule has 0 aromatic rings. The van der Waals surface area contributed by atoms with Gasteiger partial charge in [-0.25, -0.2) is 5.92 Å². The van der Waals surface area contributed by atoms with Crippen molar-refractivity contribution in [1.82, 2.24) is 0 Å². The van der Waals surface area contributed by atoms with Crippen LogP contribution < -0.4 is 0 Å². The summed E-state index contributed by atoms with van der Waals surface area (Å²) < 4.78 is 14.6. The monoisotopic (exact) mass is 315 g/mol. The van der Waals surface area contributed by atoms with Crippen LogP contribution in [0.5, 0.6) is 0 Å². The number of ether oxygens (including phenoxy) is 3. The van der Waals surface area contributed by atoms with E-state index in [2.05, 4.69) is 4.74 Å². The van der Waals surface area contributed by atoms with Crippen molar-refractivity contribution in [3.63, 3.8) is 0 Å². The molecule has 60 valence electrons. The van der Waals surface area contributed by atoms with Gasteiger partial charge < -0.3 is 14.2 Å². The Morgan fingerprint density at radius 1 is 1.50 bits per heavy atom. The molecule has 0 unspecified atom stereocenters. The number of hydrogen-bond donors (Lipinski definition) is 0. The fraction of sp³-hybridized carbons (Fsp3) is 0.833. The summed E-state index contributed by atoms with van der Waals surface area (Å²) in [5, 5.41) is 0. The molecule has 0 aromatic heterocycles. The average Bonchev–Trinajstić information content (AvgIpc) is 1.76. The summed E-state index contributed by atoms with van der Waals surface area (Å²) in [5.74, 6) is 1.31. The molecule has 0 saturated carbocycles. The molecule has 1 rings (SSSR count). The summed E-state index contributed by atoms with van der Waals surface area (Å²) in [4.78, 5) is 0. The molecule has 1 fully saturated rings. The van der Waals surface area contributed by atoms with Gasteiger partial charge in [-0.2, -0.15) is 0 Å². The maximum Gasteiger partial charge on any atom is 0.142 e. The van der Waals surface area contributed by atoms with E-state index < -0.39 is 0 Å².